The Balaban J connectivity index is 2.10. The molecule has 0 fully saturated rings. The van der Waals surface area contributed by atoms with E-state index in [1.54, 1.807) is 0 Å². The zero-order valence-corrected chi connectivity index (χ0v) is 12.2. The second-order valence-corrected chi connectivity index (χ2v) is 5.08. The van der Waals surface area contributed by atoms with E-state index in [4.69, 9.17) is 22.8 Å². The van der Waals surface area contributed by atoms with E-state index in [0.29, 0.717) is 12.5 Å². The first-order valence-corrected chi connectivity index (χ1v) is 6.99. The predicted molar refractivity (Wildman–Crippen MR) is 80.2 cm³/mol. The zero-order valence-electron chi connectivity index (χ0n) is 11.5. The summed E-state index contributed by atoms with van der Waals surface area (Å²) in [6.45, 7) is 1.24. The molecule has 0 saturated carbocycles. The van der Waals surface area contributed by atoms with Gasteiger partial charge in [-0.15, -0.1) is 11.5 Å². The number of nitrogens with zero attached hydrogens (tertiary/aromatic N) is 3. The van der Waals surface area contributed by atoms with Crippen molar-refractivity contribution in [2.75, 3.05) is 18.5 Å². The number of halogens is 2. The van der Waals surface area contributed by atoms with Crippen molar-refractivity contribution in [3.05, 3.63) is 33.5 Å². The summed E-state index contributed by atoms with van der Waals surface area (Å²) in [5.41, 5.74) is -0.462. The number of nitrogens with one attached hydrogen (secondary N) is 1. The van der Waals surface area contributed by atoms with Gasteiger partial charge in [0.2, 0.25) is 5.95 Å². The van der Waals surface area contributed by atoms with Gasteiger partial charge in [0.15, 0.2) is 5.82 Å². The fraction of sp³-hybridized carbons (Fsp3) is 0.286. The van der Waals surface area contributed by atoms with Gasteiger partial charge in [-0.1, -0.05) is 17.5 Å². The van der Waals surface area contributed by atoms with Crippen molar-refractivity contribution in [3.8, 4) is 23.8 Å². The van der Waals surface area contributed by atoms with Crippen LogP contribution in [0.4, 0.5) is 10.3 Å². The van der Waals surface area contributed by atoms with Crippen molar-refractivity contribution < 1.29 is 9.13 Å². The SMILES string of the molecule is C#CCOc1cc(-n2nc3n(c2=O)CCCN3)c(F)cc1Cl. The highest BCUT2D eigenvalue weighted by atomic mass is 35.5. The van der Waals surface area contributed by atoms with Crippen LogP contribution in [0.1, 0.15) is 6.42 Å². The number of terminal acetylenes is 1. The standard InChI is InChI=1S/C14H12ClFN4O2/c1-2-6-22-12-8-11(10(16)7-9(12)15)20-14(21)19-5-3-4-17-13(19)18-20/h1,7-8H,3-6H2,(H,17,18). The maximum atomic E-state index is 14.2. The number of hydrogen-bond donors (Lipinski definition) is 1. The Morgan fingerprint density at radius 3 is 3.09 bits per heavy atom. The Morgan fingerprint density at radius 2 is 2.36 bits per heavy atom. The minimum atomic E-state index is -0.671. The van der Waals surface area contributed by atoms with Crippen molar-refractivity contribution in [1.29, 1.82) is 0 Å². The van der Waals surface area contributed by atoms with E-state index in [1.165, 1.54) is 10.6 Å². The predicted octanol–water partition coefficient (Wildman–Crippen LogP) is 1.65. The summed E-state index contributed by atoms with van der Waals surface area (Å²) in [6, 6.07) is 2.39. The minimum absolute atomic E-state index is 0.0130. The lowest BCUT2D eigenvalue weighted by atomic mass is 10.3. The van der Waals surface area contributed by atoms with Gasteiger partial charge in [-0.2, -0.15) is 4.68 Å². The molecule has 1 aromatic heterocycles. The number of rotatable bonds is 3. The molecule has 1 aromatic carbocycles. The van der Waals surface area contributed by atoms with Crippen LogP contribution in [0.25, 0.3) is 5.69 Å². The molecule has 0 radical (unpaired) electrons. The molecular weight excluding hydrogens is 311 g/mol. The van der Waals surface area contributed by atoms with Gasteiger partial charge < -0.3 is 10.1 Å². The first-order valence-electron chi connectivity index (χ1n) is 6.61. The Bertz CT molecular complexity index is 821. The normalized spacial score (nSPS) is 13.1. The van der Waals surface area contributed by atoms with Gasteiger partial charge in [-0.3, -0.25) is 4.57 Å². The molecule has 0 spiro atoms. The number of aromatic nitrogens is 3. The first kappa shape index (κ1) is 14.5. The minimum Gasteiger partial charge on any atom is -0.479 e. The van der Waals surface area contributed by atoms with Crippen LogP contribution >= 0.6 is 11.6 Å². The van der Waals surface area contributed by atoms with Crippen LogP contribution < -0.4 is 15.7 Å². The number of fused-ring (bicyclic) bond motifs is 1. The number of anilines is 1. The Labute approximate surface area is 130 Å². The lowest BCUT2D eigenvalue weighted by Crippen LogP contribution is -2.28. The van der Waals surface area contributed by atoms with Crippen LogP contribution in [0.15, 0.2) is 16.9 Å². The van der Waals surface area contributed by atoms with Gasteiger partial charge in [0.1, 0.15) is 18.0 Å². The van der Waals surface area contributed by atoms with Crippen molar-refractivity contribution in [3.63, 3.8) is 0 Å². The number of benzene rings is 1. The highest BCUT2D eigenvalue weighted by Gasteiger charge is 2.20. The molecule has 2 heterocycles. The summed E-state index contributed by atoms with van der Waals surface area (Å²) < 4.78 is 21.9. The molecule has 0 saturated heterocycles. The molecule has 0 aliphatic carbocycles. The van der Waals surface area contributed by atoms with Gasteiger partial charge in [-0.05, 0) is 12.5 Å². The molecule has 6 nitrogen and oxygen atoms in total. The molecule has 0 unspecified atom stereocenters. The molecule has 8 heteroatoms. The Morgan fingerprint density at radius 1 is 1.55 bits per heavy atom. The molecule has 1 aliphatic rings. The van der Waals surface area contributed by atoms with Crippen molar-refractivity contribution >= 4 is 17.5 Å². The molecule has 0 bridgehead atoms. The average molecular weight is 323 g/mol. The van der Waals surface area contributed by atoms with Gasteiger partial charge in [-0.25, -0.2) is 9.18 Å². The largest absolute Gasteiger partial charge is 0.479 e. The third kappa shape index (κ3) is 2.42. The third-order valence-corrected chi connectivity index (χ3v) is 3.54. The molecule has 1 N–H and O–H groups in total. The number of ether oxygens (including phenoxy) is 1. The molecule has 0 amide bonds. The third-order valence-electron chi connectivity index (χ3n) is 3.24. The average Bonchev–Trinajstić information content (AvgIpc) is 2.84. The maximum absolute atomic E-state index is 14.2. The topological polar surface area (TPSA) is 61.1 Å². The van der Waals surface area contributed by atoms with E-state index in [0.717, 1.165) is 23.7 Å². The van der Waals surface area contributed by atoms with Crippen LogP contribution in [0.3, 0.4) is 0 Å². The van der Waals surface area contributed by atoms with Gasteiger partial charge in [0.25, 0.3) is 0 Å². The quantitative estimate of drug-likeness (QED) is 0.873. The Hall–Kier alpha value is -2.46. The molecule has 114 valence electrons. The summed E-state index contributed by atoms with van der Waals surface area (Å²) in [5.74, 6) is 2.23. The Kier molecular flexibility index (Phi) is 3.77. The first-order chi connectivity index (χ1) is 10.6. The smallest absolute Gasteiger partial charge is 0.352 e. The molecular formula is C14H12ClFN4O2. The van der Waals surface area contributed by atoms with Crippen LogP contribution in [-0.2, 0) is 6.54 Å². The van der Waals surface area contributed by atoms with Crippen molar-refractivity contribution in [1.82, 2.24) is 14.3 Å². The molecule has 2 aromatic rings. The highest BCUT2D eigenvalue weighted by molar-refractivity contribution is 6.32. The van der Waals surface area contributed by atoms with E-state index in [-0.39, 0.29) is 23.1 Å². The van der Waals surface area contributed by atoms with E-state index in [9.17, 15) is 9.18 Å². The van der Waals surface area contributed by atoms with E-state index in [2.05, 4.69) is 16.3 Å². The fourth-order valence-corrected chi connectivity index (χ4v) is 2.44. The fourth-order valence-electron chi connectivity index (χ4n) is 2.23. The second kappa shape index (κ2) is 5.73. The van der Waals surface area contributed by atoms with Crippen molar-refractivity contribution in [2.24, 2.45) is 0 Å². The summed E-state index contributed by atoms with van der Waals surface area (Å²) in [7, 11) is 0. The number of hydrogen-bond acceptors (Lipinski definition) is 4. The van der Waals surface area contributed by atoms with Gasteiger partial charge in [0.05, 0.1) is 5.02 Å². The molecule has 0 atom stereocenters. The van der Waals surface area contributed by atoms with Crippen LogP contribution in [0, 0.1) is 18.2 Å². The second-order valence-electron chi connectivity index (χ2n) is 4.68. The molecule has 3 rings (SSSR count). The highest BCUT2D eigenvalue weighted by Crippen LogP contribution is 2.29. The van der Waals surface area contributed by atoms with Gasteiger partial charge in [0, 0.05) is 19.2 Å². The van der Waals surface area contributed by atoms with Crippen LogP contribution in [-0.4, -0.2) is 27.5 Å². The van der Waals surface area contributed by atoms with Crippen molar-refractivity contribution in [2.45, 2.75) is 13.0 Å². The molecule has 1 aliphatic heterocycles. The van der Waals surface area contributed by atoms with Gasteiger partial charge >= 0.3 is 5.69 Å². The lowest BCUT2D eigenvalue weighted by Gasteiger charge is -2.12. The summed E-state index contributed by atoms with van der Waals surface area (Å²) in [5, 5.41) is 7.18. The lowest BCUT2D eigenvalue weighted by molar-refractivity contribution is 0.369. The monoisotopic (exact) mass is 322 g/mol. The van der Waals surface area contributed by atoms with Crippen LogP contribution in [0.2, 0.25) is 5.02 Å². The molecule has 22 heavy (non-hydrogen) atoms. The van der Waals surface area contributed by atoms with E-state index >= 15 is 0 Å². The van der Waals surface area contributed by atoms with Crippen LogP contribution in [0.5, 0.6) is 5.75 Å². The summed E-state index contributed by atoms with van der Waals surface area (Å²) in [4.78, 5) is 12.3. The maximum Gasteiger partial charge on any atom is 0.352 e. The zero-order chi connectivity index (χ0) is 15.7. The summed E-state index contributed by atoms with van der Waals surface area (Å²) >= 11 is 5.91. The summed E-state index contributed by atoms with van der Waals surface area (Å²) in [6.07, 6.45) is 5.93. The van der Waals surface area contributed by atoms with E-state index < -0.39 is 11.5 Å². The van der Waals surface area contributed by atoms with E-state index in [1.807, 2.05) is 0 Å².